The third-order valence-corrected chi connectivity index (χ3v) is 4.07. The molecule has 3 rings (SSSR count). The van der Waals surface area contributed by atoms with Crippen LogP contribution >= 0.6 is 23.2 Å². The molecule has 0 N–H and O–H groups in total. The normalized spacial score (nSPS) is 12.0. The molecule has 1 atom stereocenters. The zero-order valence-electron chi connectivity index (χ0n) is 13.5. The lowest BCUT2D eigenvalue weighted by molar-refractivity contribution is 0.0280. The van der Waals surface area contributed by atoms with Crippen molar-refractivity contribution in [2.45, 2.75) is 20.0 Å². The van der Waals surface area contributed by atoms with Gasteiger partial charge in [0.15, 0.2) is 6.10 Å². The number of nitrogens with zero attached hydrogens (tertiary/aromatic N) is 2. The van der Waals surface area contributed by atoms with E-state index >= 15 is 0 Å². The van der Waals surface area contributed by atoms with Crippen molar-refractivity contribution >= 4 is 29.2 Å². The van der Waals surface area contributed by atoms with Crippen LogP contribution in [0.1, 0.15) is 34.8 Å². The molecule has 5 nitrogen and oxygen atoms in total. The number of aryl methyl sites for hydroxylation is 1. The fraction of sp³-hybridized carbons (Fsp3) is 0.167. The molecule has 0 amide bonds. The molecule has 0 saturated heterocycles. The predicted molar refractivity (Wildman–Crippen MR) is 94.8 cm³/mol. The van der Waals surface area contributed by atoms with E-state index in [0.717, 1.165) is 11.1 Å². The molecule has 25 heavy (non-hydrogen) atoms. The molecule has 7 heteroatoms. The number of carbonyl (C=O) groups is 1. The minimum absolute atomic E-state index is 0.203. The number of hydrogen-bond acceptors (Lipinski definition) is 5. The Kier molecular flexibility index (Phi) is 5.06. The van der Waals surface area contributed by atoms with Crippen LogP contribution < -0.4 is 0 Å². The van der Waals surface area contributed by atoms with E-state index in [2.05, 4.69) is 10.2 Å². The molecule has 1 aromatic heterocycles. The summed E-state index contributed by atoms with van der Waals surface area (Å²) in [5.41, 5.74) is 2.14. The number of carbonyl (C=O) groups excluding carboxylic acids is 1. The first-order chi connectivity index (χ1) is 11.9. The summed E-state index contributed by atoms with van der Waals surface area (Å²) in [5, 5.41) is 8.60. The maximum atomic E-state index is 12.2. The standard InChI is InChI=1S/C18H14Cl2N2O3/c1-10-3-5-12(6-4-10)17-22-21-16(25-17)11(2)24-18(23)14-8-7-13(19)9-15(14)20/h3-9,11H,1-2H3/t11-/m0/s1. The highest BCUT2D eigenvalue weighted by atomic mass is 35.5. The summed E-state index contributed by atoms with van der Waals surface area (Å²) in [7, 11) is 0. The van der Waals surface area contributed by atoms with Crippen molar-refractivity contribution < 1.29 is 13.9 Å². The summed E-state index contributed by atoms with van der Waals surface area (Å²) in [6, 6.07) is 12.2. The minimum Gasteiger partial charge on any atom is -0.449 e. The van der Waals surface area contributed by atoms with Gasteiger partial charge in [-0.15, -0.1) is 10.2 Å². The monoisotopic (exact) mass is 376 g/mol. The van der Waals surface area contributed by atoms with E-state index in [1.165, 1.54) is 12.1 Å². The number of benzene rings is 2. The van der Waals surface area contributed by atoms with Crippen LogP contribution in [0.25, 0.3) is 11.5 Å². The minimum atomic E-state index is -0.717. The second kappa shape index (κ2) is 7.25. The molecular weight excluding hydrogens is 363 g/mol. The SMILES string of the molecule is Cc1ccc(-c2nnc([C@H](C)OC(=O)c3ccc(Cl)cc3Cl)o2)cc1. The molecule has 2 aromatic carbocycles. The average Bonchev–Trinajstić information content (AvgIpc) is 3.05. The van der Waals surface area contributed by atoms with Crippen LogP contribution in [-0.2, 0) is 4.74 Å². The van der Waals surface area contributed by atoms with Crippen molar-refractivity contribution in [1.82, 2.24) is 10.2 Å². The number of rotatable bonds is 4. The van der Waals surface area contributed by atoms with Crippen LogP contribution in [0.2, 0.25) is 10.0 Å². The Morgan fingerprint density at radius 2 is 1.84 bits per heavy atom. The first-order valence-corrected chi connectivity index (χ1v) is 8.26. The van der Waals surface area contributed by atoms with E-state index in [-0.39, 0.29) is 16.5 Å². The van der Waals surface area contributed by atoms with Gasteiger partial charge in [0.2, 0.25) is 5.89 Å². The fourth-order valence-corrected chi connectivity index (χ4v) is 2.63. The third-order valence-electron chi connectivity index (χ3n) is 3.52. The Labute approximate surface area is 154 Å². The number of hydrogen-bond donors (Lipinski definition) is 0. The van der Waals surface area contributed by atoms with Gasteiger partial charge in [-0.25, -0.2) is 4.79 Å². The largest absolute Gasteiger partial charge is 0.449 e. The van der Waals surface area contributed by atoms with Gasteiger partial charge in [0.25, 0.3) is 5.89 Å². The molecule has 0 aliphatic carbocycles. The van der Waals surface area contributed by atoms with Gasteiger partial charge in [0, 0.05) is 10.6 Å². The van der Waals surface area contributed by atoms with Crippen molar-refractivity contribution in [3.8, 4) is 11.5 Å². The van der Waals surface area contributed by atoms with Crippen molar-refractivity contribution in [1.29, 1.82) is 0 Å². The second-order valence-electron chi connectivity index (χ2n) is 5.48. The first-order valence-electron chi connectivity index (χ1n) is 7.50. The molecule has 0 aliphatic rings. The van der Waals surface area contributed by atoms with Gasteiger partial charge in [-0.2, -0.15) is 0 Å². The molecule has 0 spiro atoms. The van der Waals surface area contributed by atoms with Crippen LogP contribution in [0, 0.1) is 6.92 Å². The van der Waals surface area contributed by atoms with Gasteiger partial charge < -0.3 is 9.15 Å². The molecule has 0 saturated carbocycles. The summed E-state index contributed by atoms with van der Waals surface area (Å²) >= 11 is 11.8. The smallest absolute Gasteiger partial charge is 0.340 e. The van der Waals surface area contributed by atoms with Gasteiger partial charge >= 0.3 is 5.97 Å². The highest BCUT2D eigenvalue weighted by molar-refractivity contribution is 6.36. The lowest BCUT2D eigenvalue weighted by Gasteiger charge is -2.10. The highest BCUT2D eigenvalue weighted by Gasteiger charge is 2.21. The number of esters is 1. The van der Waals surface area contributed by atoms with Gasteiger partial charge in [-0.05, 0) is 44.2 Å². The van der Waals surface area contributed by atoms with E-state index in [0.29, 0.717) is 10.9 Å². The van der Waals surface area contributed by atoms with Crippen molar-refractivity contribution in [3.05, 3.63) is 69.5 Å². The Balaban J connectivity index is 1.74. The fourth-order valence-electron chi connectivity index (χ4n) is 2.14. The molecule has 128 valence electrons. The Hall–Kier alpha value is -2.37. The number of aromatic nitrogens is 2. The first kappa shape index (κ1) is 17.5. The number of ether oxygens (including phenoxy) is 1. The van der Waals surface area contributed by atoms with Gasteiger partial charge in [-0.3, -0.25) is 0 Å². The molecule has 0 fully saturated rings. The Morgan fingerprint density at radius 1 is 1.12 bits per heavy atom. The third kappa shape index (κ3) is 4.00. The molecule has 0 radical (unpaired) electrons. The van der Waals surface area contributed by atoms with Crippen molar-refractivity contribution in [3.63, 3.8) is 0 Å². The van der Waals surface area contributed by atoms with Crippen molar-refractivity contribution in [2.24, 2.45) is 0 Å². The van der Waals surface area contributed by atoms with E-state index in [4.69, 9.17) is 32.4 Å². The number of halogens is 2. The Bertz CT molecular complexity index is 907. The predicted octanol–water partition coefficient (Wildman–Crippen LogP) is 5.27. The van der Waals surface area contributed by atoms with Crippen LogP contribution in [-0.4, -0.2) is 16.2 Å². The van der Waals surface area contributed by atoms with Crippen LogP contribution in [0.5, 0.6) is 0 Å². The van der Waals surface area contributed by atoms with Crippen molar-refractivity contribution in [2.75, 3.05) is 0 Å². The summed E-state index contributed by atoms with van der Waals surface area (Å²) in [6.45, 7) is 3.64. The zero-order chi connectivity index (χ0) is 18.0. The van der Waals surface area contributed by atoms with Gasteiger partial charge in [-0.1, -0.05) is 40.9 Å². The van der Waals surface area contributed by atoms with Crippen LogP contribution in [0.4, 0.5) is 0 Å². The van der Waals surface area contributed by atoms with E-state index < -0.39 is 12.1 Å². The van der Waals surface area contributed by atoms with E-state index in [1.807, 2.05) is 31.2 Å². The summed E-state index contributed by atoms with van der Waals surface area (Å²) in [6.07, 6.45) is -0.717. The molecule has 3 aromatic rings. The summed E-state index contributed by atoms with van der Waals surface area (Å²) in [5.74, 6) is -0.0271. The zero-order valence-corrected chi connectivity index (χ0v) is 15.0. The summed E-state index contributed by atoms with van der Waals surface area (Å²) in [4.78, 5) is 12.2. The van der Waals surface area contributed by atoms with Gasteiger partial charge in [0.1, 0.15) is 0 Å². The van der Waals surface area contributed by atoms with E-state index in [9.17, 15) is 4.79 Å². The second-order valence-corrected chi connectivity index (χ2v) is 6.33. The molecular formula is C18H14Cl2N2O3. The van der Waals surface area contributed by atoms with E-state index in [1.54, 1.807) is 13.0 Å². The van der Waals surface area contributed by atoms with Crippen LogP contribution in [0.15, 0.2) is 46.9 Å². The molecule has 1 heterocycles. The van der Waals surface area contributed by atoms with Crippen LogP contribution in [0.3, 0.4) is 0 Å². The lowest BCUT2D eigenvalue weighted by Crippen LogP contribution is -2.10. The summed E-state index contributed by atoms with van der Waals surface area (Å²) < 4.78 is 11.0. The highest BCUT2D eigenvalue weighted by Crippen LogP contribution is 2.26. The molecule has 0 bridgehead atoms. The molecule has 0 unspecified atom stereocenters. The Morgan fingerprint density at radius 3 is 2.52 bits per heavy atom. The topological polar surface area (TPSA) is 65.2 Å². The van der Waals surface area contributed by atoms with Gasteiger partial charge in [0.05, 0.1) is 10.6 Å². The maximum Gasteiger partial charge on any atom is 0.340 e. The lowest BCUT2D eigenvalue weighted by atomic mass is 10.1. The maximum absolute atomic E-state index is 12.2. The average molecular weight is 377 g/mol. The quantitative estimate of drug-likeness (QED) is 0.580. The molecule has 0 aliphatic heterocycles.